The van der Waals surface area contributed by atoms with Crippen LogP contribution in [0.2, 0.25) is 0 Å². The number of thioether (sulfide) groups is 1. The molecule has 2 aromatic rings. The minimum Gasteiger partial charge on any atom is -0.508 e. The van der Waals surface area contributed by atoms with Crippen LogP contribution in [-0.2, 0) is 0 Å². The second-order valence-electron chi connectivity index (χ2n) is 4.38. The maximum atomic E-state index is 12.4. The molecule has 0 bridgehead atoms. The largest absolute Gasteiger partial charge is 0.508 e. The van der Waals surface area contributed by atoms with Gasteiger partial charge in [0.05, 0.1) is 0 Å². The Balaban J connectivity index is 1.96. The van der Waals surface area contributed by atoms with Gasteiger partial charge in [-0.1, -0.05) is 24.3 Å². The number of ketones is 1. The number of rotatable bonds is 1. The highest BCUT2D eigenvalue weighted by atomic mass is 32.2. The monoisotopic (exact) mass is 268 g/mol. The van der Waals surface area contributed by atoms with Crippen LogP contribution in [0.15, 0.2) is 59.0 Å². The molecule has 0 radical (unpaired) electrons. The lowest BCUT2D eigenvalue weighted by molar-refractivity contribution is 0.103. The van der Waals surface area contributed by atoms with Crippen molar-refractivity contribution in [3.63, 3.8) is 0 Å². The molecule has 0 fully saturated rings. The van der Waals surface area contributed by atoms with E-state index >= 15 is 0 Å². The van der Waals surface area contributed by atoms with Crippen LogP contribution in [-0.4, -0.2) is 16.6 Å². The Hall–Kier alpha value is -2.00. The standard InChI is InChI=1S/C16H12O2S/c17-13-7-5-11(6-8-13)9-12-10-19-15-4-2-1-3-14(15)16(12)18/h1-9,17H,10H2/b12-9+. The highest BCUT2D eigenvalue weighted by Crippen LogP contribution is 2.33. The zero-order valence-electron chi connectivity index (χ0n) is 10.2. The van der Waals surface area contributed by atoms with Gasteiger partial charge in [0, 0.05) is 21.8 Å². The summed E-state index contributed by atoms with van der Waals surface area (Å²) >= 11 is 1.68. The smallest absolute Gasteiger partial charge is 0.191 e. The van der Waals surface area contributed by atoms with Crippen molar-refractivity contribution in [1.82, 2.24) is 0 Å². The van der Waals surface area contributed by atoms with Crippen molar-refractivity contribution in [2.45, 2.75) is 4.90 Å². The van der Waals surface area contributed by atoms with Gasteiger partial charge < -0.3 is 5.11 Å². The minimum absolute atomic E-state index is 0.0995. The first-order chi connectivity index (χ1) is 9.24. The summed E-state index contributed by atoms with van der Waals surface area (Å²) in [5.74, 6) is 1.02. The molecule has 0 saturated carbocycles. The Morgan fingerprint density at radius 2 is 1.79 bits per heavy atom. The topological polar surface area (TPSA) is 37.3 Å². The van der Waals surface area contributed by atoms with Crippen molar-refractivity contribution in [3.05, 3.63) is 65.2 Å². The summed E-state index contributed by atoms with van der Waals surface area (Å²) in [5, 5.41) is 9.25. The molecule has 1 aliphatic heterocycles. The fourth-order valence-corrected chi connectivity index (χ4v) is 3.07. The van der Waals surface area contributed by atoms with Crippen LogP contribution in [0.1, 0.15) is 15.9 Å². The number of fused-ring (bicyclic) bond motifs is 1. The van der Waals surface area contributed by atoms with Crippen LogP contribution >= 0.6 is 11.8 Å². The molecule has 3 rings (SSSR count). The number of phenols is 1. The van der Waals surface area contributed by atoms with Crippen molar-refractivity contribution >= 4 is 23.6 Å². The van der Waals surface area contributed by atoms with E-state index in [0.29, 0.717) is 5.75 Å². The predicted octanol–water partition coefficient (Wildman–Crippen LogP) is 3.76. The van der Waals surface area contributed by atoms with Gasteiger partial charge in [-0.25, -0.2) is 0 Å². The van der Waals surface area contributed by atoms with E-state index < -0.39 is 0 Å². The molecule has 0 atom stereocenters. The number of benzene rings is 2. The average Bonchev–Trinajstić information content (AvgIpc) is 2.45. The maximum absolute atomic E-state index is 12.4. The average molecular weight is 268 g/mol. The molecule has 2 aromatic carbocycles. The first-order valence-corrected chi connectivity index (χ1v) is 6.99. The normalized spacial score (nSPS) is 16.4. The maximum Gasteiger partial charge on any atom is 0.191 e. The van der Waals surface area contributed by atoms with Gasteiger partial charge in [0.25, 0.3) is 0 Å². The Morgan fingerprint density at radius 3 is 2.58 bits per heavy atom. The van der Waals surface area contributed by atoms with Crippen LogP contribution in [0.5, 0.6) is 5.75 Å². The number of hydrogen-bond acceptors (Lipinski definition) is 3. The third kappa shape index (κ3) is 2.42. The Bertz CT molecular complexity index is 657. The Labute approximate surface area is 115 Å². The van der Waals surface area contributed by atoms with Crippen LogP contribution in [0, 0.1) is 0 Å². The Morgan fingerprint density at radius 1 is 1.05 bits per heavy atom. The van der Waals surface area contributed by atoms with Gasteiger partial charge in [-0.15, -0.1) is 11.8 Å². The van der Waals surface area contributed by atoms with Gasteiger partial charge in [0.15, 0.2) is 5.78 Å². The third-order valence-corrected chi connectivity index (χ3v) is 4.16. The highest BCUT2D eigenvalue weighted by Gasteiger charge is 2.21. The molecular weight excluding hydrogens is 256 g/mol. The van der Waals surface area contributed by atoms with Gasteiger partial charge in [-0.3, -0.25) is 4.79 Å². The van der Waals surface area contributed by atoms with Gasteiger partial charge in [-0.05, 0) is 35.9 Å². The molecule has 1 aliphatic rings. The molecule has 19 heavy (non-hydrogen) atoms. The quantitative estimate of drug-likeness (QED) is 0.800. The molecule has 1 heterocycles. The van der Waals surface area contributed by atoms with E-state index in [0.717, 1.165) is 21.6 Å². The number of aromatic hydroxyl groups is 1. The predicted molar refractivity (Wildman–Crippen MR) is 77.6 cm³/mol. The van der Waals surface area contributed by atoms with E-state index in [1.54, 1.807) is 36.0 Å². The molecule has 2 nitrogen and oxygen atoms in total. The molecular formula is C16H12O2S. The first-order valence-electron chi connectivity index (χ1n) is 6.00. The fraction of sp³-hybridized carbons (Fsp3) is 0.0625. The van der Waals surface area contributed by atoms with Crippen molar-refractivity contribution < 1.29 is 9.90 Å². The summed E-state index contributed by atoms with van der Waals surface area (Å²) in [6.07, 6.45) is 1.89. The lowest BCUT2D eigenvalue weighted by Crippen LogP contribution is -2.11. The molecule has 94 valence electrons. The first kappa shape index (κ1) is 12.1. The van der Waals surface area contributed by atoms with E-state index in [9.17, 15) is 9.90 Å². The second-order valence-corrected chi connectivity index (χ2v) is 5.39. The molecule has 1 N–H and O–H groups in total. The lowest BCUT2D eigenvalue weighted by Gasteiger charge is -2.16. The summed E-state index contributed by atoms with van der Waals surface area (Å²) in [7, 11) is 0. The number of Topliss-reactive ketones (excluding diaryl/α,β-unsaturated/α-hetero) is 1. The zero-order chi connectivity index (χ0) is 13.2. The van der Waals surface area contributed by atoms with E-state index in [2.05, 4.69) is 0 Å². The van der Waals surface area contributed by atoms with Gasteiger partial charge in [0.2, 0.25) is 0 Å². The van der Waals surface area contributed by atoms with E-state index in [1.807, 2.05) is 30.3 Å². The van der Waals surface area contributed by atoms with Crippen molar-refractivity contribution in [1.29, 1.82) is 0 Å². The number of carbonyl (C=O) groups excluding carboxylic acids is 1. The second kappa shape index (κ2) is 4.94. The summed E-state index contributed by atoms with van der Waals surface area (Å²) in [6.45, 7) is 0. The SMILES string of the molecule is O=C1/C(=C/c2ccc(O)cc2)CSc2ccccc21. The van der Waals surface area contributed by atoms with Gasteiger partial charge in [-0.2, -0.15) is 0 Å². The highest BCUT2D eigenvalue weighted by molar-refractivity contribution is 7.99. The van der Waals surface area contributed by atoms with Crippen LogP contribution < -0.4 is 0 Å². The summed E-state index contributed by atoms with van der Waals surface area (Å²) < 4.78 is 0. The van der Waals surface area contributed by atoms with E-state index in [1.165, 1.54) is 0 Å². The molecule has 0 amide bonds. The summed E-state index contributed by atoms with van der Waals surface area (Å²) in [4.78, 5) is 13.4. The number of carbonyl (C=O) groups is 1. The van der Waals surface area contributed by atoms with Gasteiger partial charge in [0.1, 0.15) is 5.75 Å². The minimum atomic E-state index is 0.0995. The molecule has 0 aliphatic carbocycles. The van der Waals surface area contributed by atoms with Crippen LogP contribution in [0.3, 0.4) is 0 Å². The van der Waals surface area contributed by atoms with Crippen molar-refractivity contribution in [3.8, 4) is 5.75 Å². The van der Waals surface area contributed by atoms with Crippen molar-refractivity contribution in [2.75, 3.05) is 5.75 Å². The zero-order valence-corrected chi connectivity index (χ0v) is 11.0. The molecule has 0 spiro atoms. The summed E-state index contributed by atoms with van der Waals surface area (Å²) in [5.41, 5.74) is 2.51. The van der Waals surface area contributed by atoms with E-state index in [-0.39, 0.29) is 11.5 Å². The third-order valence-electron chi connectivity index (χ3n) is 3.04. The molecule has 3 heteroatoms. The fourth-order valence-electron chi connectivity index (χ4n) is 2.05. The van der Waals surface area contributed by atoms with Crippen LogP contribution in [0.25, 0.3) is 6.08 Å². The molecule has 0 aromatic heterocycles. The summed E-state index contributed by atoms with van der Waals surface area (Å²) in [6, 6.07) is 14.6. The number of phenolic OH excluding ortho intramolecular Hbond substituents is 1. The van der Waals surface area contributed by atoms with Gasteiger partial charge >= 0.3 is 0 Å². The van der Waals surface area contributed by atoms with Crippen LogP contribution in [0.4, 0.5) is 0 Å². The van der Waals surface area contributed by atoms with E-state index in [4.69, 9.17) is 0 Å². The lowest BCUT2D eigenvalue weighted by atomic mass is 10.0. The van der Waals surface area contributed by atoms with Crippen molar-refractivity contribution in [2.24, 2.45) is 0 Å². The molecule has 0 saturated heterocycles. The number of hydrogen-bond donors (Lipinski definition) is 1. The Kier molecular flexibility index (Phi) is 3.13. The molecule has 0 unspecified atom stereocenters.